The van der Waals surface area contributed by atoms with Crippen molar-refractivity contribution in [3.8, 4) is 6.07 Å². The van der Waals surface area contributed by atoms with Crippen LogP contribution in [0.15, 0.2) is 6.20 Å². The zero-order valence-electron chi connectivity index (χ0n) is 10.5. The van der Waals surface area contributed by atoms with Gasteiger partial charge in [-0.05, 0) is 12.3 Å². The Balaban J connectivity index is 2.61. The van der Waals surface area contributed by atoms with Gasteiger partial charge in [-0.3, -0.25) is 0 Å². The summed E-state index contributed by atoms with van der Waals surface area (Å²) in [5.41, 5.74) is 1.62. The Labute approximate surface area is 100 Å². The van der Waals surface area contributed by atoms with Crippen molar-refractivity contribution < 1.29 is 0 Å². The first-order chi connectivity index (χ1) is 7.90. The fourth-order valence-electron chi connectivity index (χ4n) is 1.75. The van der Waals surface area contributed by atoms with Gasteiger partial charge in [0.25, 0.3) is 0 Å². The number of fused-ring (bicyclic) bond motifs is 1. The highest BCUT2D eigenvalue weighted by atomic mass is 15.1. The summed E-state index contributed by atoms with van der Waals surface area (Å²) in [5.74, 6) is 1.09. The molecule has 2 rings (SSSR count). The van der Waals surface area contributed by atoms with Crippen molar-refractivity contribution in [1.82, 2.24) is 19.5 Å². The molecule has 5 heteroatoms. The summed E-state index contributed by atoms with van der Waals surface area (Å²) >= 11 is 0. The van der Waals surface area contributed by atoms with Gasteiger partial charge in [-0.2, -0.15) is 10.2 Å². The van der Waals surface area contributed by atoms with Gasteiger partial charge >= 0.3 is 0 Å². The van der Waals surface area contributed by atoms with E-state index in [-0.39, 0.29) is 11.2 Å². The average molecular weight is 229 g/mol. The van der Waals surface area contributed by atoms with Crippen LogP contribution in [-0.4, -0.2) is 19.5 Å². The molecule has 0 aromatic carbocycles. The van der Waals surface area contributed by atoms with E-state index < -0.39 is 0 Å². The summed E-state index contributed by atoms with van der Waals surface area (Å²) in [7, 11) is 0. The largest absolute Gasteiger partial charge is 0.312 e. The Bertz CT molecular complexity index is 598. The zero-order chi connectivity index (χ0) is 12.6. The maximum atomic E-state index is 8.82. The molecular formula is C12H15N5. The van der Waals surface area contributed by atoms with Crippen LogP contribution < -0.4 is 0 Å². The Morgan fingerprint density at radius 1 is 1.35 bits per heavy atom. The Hall–Kier alpha value is -1.96. The van der Waals surface area contributed by atoms with Crippen molar-refractivity contribution >= 4 is 11.2 Å². The van der Waals surface area contributed by atoms with Crippen LogP contribution in [0, 0.1) is 23.7 Å². The molecule has 17 heavy (non-hydrogen) atoms. The van der Waals surface area contributed by atoms with Crippen molar-refractivity contribution in [2.24, 2.45) is 5.41 Å². The molecule has 5 nitrogen and oxygen atoms in total. The number of hydrogen-bond donors (Lipinski definition) is 0. The van der Waals surface area contributed by atoms with E-state index >= 15 is 0 Å². The third kappa shape index (κ3) is 2.26. The topological polar surface area (TPSA) is 67.4 Å². The molecule has 0 amide bonds. The van der Waals surface area contributed by atoms with Gasteiger partial charge in [0.1, 0.15) is 17.4 Å². The van der Waals surface area contributed by atoms with Gasteiger partial charge in [0.15, 0.2) is 5.65 Å². The number of rotatable bonds is 1. The van der Waals surface area contributed by atoms with Crippen LogP contribution in [0.1, 0.15) is 32.4 Å². The van der Waals surface area contributed by atoms with Crippen LogP contribution in [0.25, 0.3) is 11.2 Å². The summed E-state index contributed by atoms with van der Waals surface area (Å²) in [6.45, 7) is 9.23. The molecule has 0 fully saturated rings. The number of hydrogen-bond acceptors (Lipinski definition) is 4. The number of nitriles is 1. The lowest BCUT2D eigenvalue weighted by atomic mass is 9.97. The lowest BCUT2D eigenvalue weighted by Crippen LogP contribution is -2.17. The summed E-state index contributed by atoms with van der Waals surface area (Å²) in [4.78, 5) is 12.6. The minimum Gasteiger partial charge on any atom is -0.312 e. The summed E-state index contributed by atoms with van der Waals surface area (Å²) in [6.07, 6.45) is 1.60. The Kier molecular flexibility index (Phi) is 2.58. The number of aromatic nitrogens is 4. The second-order valence-corrected chi connectivity index (χ2v) is 5.32. The van der Waals surface area contributed by atoms with Crippen molar-refractivity contribution in [2.75, 3.05) is 0 Å². The highest BCUT2D eigenvalue weighted by Crippen LogP contribution is 2.21. The molecule has 0 saturated heterocycles. The molecule has 0 aliphatic carbocycles. The number of imidazole rings is 1. The Morgan fingerprint density at radius 3 is 2.65 bits per heavy atom. The smallest absolute Gasteiger partial charge is 0.234 e. The lowest BCUT2D eigenvalue weighted by molar-refractivity contribution is 0.344. The van der Waals surface area contributed by atoms with E-state index in [1.54, 1.807) is 6.20 Å². The van der Waals surface area contributed by atoms with E-state index in [4.69, 9.17) is 5.26 Å². The predicted molar refractivity (Wildman–Crippen MR) is 64.2 cm³/mol. The fourth-order valence-corrected chi connectivity index (χ4v) is 1.75. The predicted octanol–water partition coefficient (Wildman–Crippen LogP) is 2.05. The van der Waals surface area contributed by atoms with Gasteiger partial charge in [-0.1, -0.05) is 20.8 Å². The molecule has 0 aliphatic rings. The van der Waals surface area contributed by atoms with Crippen LogP contribution in [0.3, 0.4) is 0 Å². The van der Waals surface area contributed by atoms with Crippen LogP contribution in [0.5, 0.6) is 0 Å². The van der Waals surface area contributed by atoms with Gasteiger partial charge in [0.05, 0.1) is 6.20 Å². The van der Waals surface area contributed by atoms with Crippen molar-refractivity contribution in [1.29, 1.82) is 5.26 Å². The highest BCUT2D eigenvalue weighted by Gasteiger charge is 2.17. The highest BCUT2D eigenvalue weighted by molar-refractivity contribution is 5.70. The molecule has 2 heterocycles. The van der Waals surface area contributed by atoms with Crippen molar-refractivity contribution in [2.45, 2.75) is 34.2 Å². The van der Waals surface area contributed by atoms with Gasteiger partial charge in [0, 0.05) is 6.54 Å². The maximum absolute atomic E-state index is 8.82. The fraction of sp³-hybridized carbons (Fsp3) is 0.500. The van der Waals surface area contributed by atoms with Crippen LogP contribution in [-0.2, 0) is 6.54 Å². The first-order valence-electron chi connectivity index (χ1n) is 5.51. The van der Waals surface area contributed by atoms with Gasteiger partial charge in [-0.25, -0.2) is 9.97 Å². The van der Waals surface area contributed by atoms with E-state index in [0.717, 1.165) is 23.5 Å². The minimum atomic E-state index is 0.135. The first kappa shape index (κ1) is 11.5. The average Bonchev–Trinajstić information content (AvgIpc) is 2.53. The zero-order valence-corrected chi connectivity index (χ0v) is 10.5. The van der Waals surface area contributed by atoms with E-state index in [0.29, 0.717) is 0 Å². The molecule has 0 radical (unpaired) electrons. The molecule has 2 aromatic heterocycles. The van der Waals surface area contributed by atoms with Gasteiger partial charge < -0.3 is 4.57 Å². The quantitative estimate of drug-likeness (QED) is 0.750. The monoisotopic (exact) mass is 229 g/mol. The maximum Gasteiger partial charge on any atom is 0.234 e. The molecule has 0 N–H and O–H groups in total. The standard InChI is InChI=1S/C12H15N5/c1-8-15-9-6-14-10(5-13)16-11(9)17(8)7-12(2,3)4/h6H,7H2,1-4H3. The third-order valence-electron chi connectivity index (χ3n) is 2.41. The number of aryl methyl sites for hydroxylation is 1. The number of nitrogens with zero attached hydrogens (tertiary/aromatic N) is 5. The summed E-state index contributed by atoms with van der Waals surface area (Å²) < 4.78 is 2.04. The molecular weight excluding hydrogens is 214 g/mol. The van der Waals surface area contributed by atoms with Crippen LogP contribution >= 0.6 is 0 Å². The lowest BCUT2D eigenvalue weighted by Gasteiger charge is -2.20. The normalized spacial score (nSPS) is 11.7. The molecule has 0 atom stereocenters. The molecule has 0 saturated carbocycles. The second kappa shape index (κ2) is 3.81. The summed E-state index contributed by atoms with van der Waals surface area (Å²) in [6, 6.07) is 1.96. The molecule has 0 bridgehead atoms. The Morgan fingerprint density at radius 2 is 2.06 bits per heavy atom. The van der Waals surface area contributed by atoms with E-state index in [1.807, 2.05) is 17.6 Å². The third-order valence-corrected chi connectivity index (χ3v) is 2.41. The first-order valence-corrected chi connectivity index (χ1v) is 5.51. The van der Waals surface area contributed by atoms with E-state index in [2.05, 4.69) is 35.7 Å². The van der Waals surface area contributed by atoms with Crippen molar-refractivity contribution in [3.05, 3.63) is 17.8 Å². The molecule has 0 spiro atoms. The van der Waals surface area contributed by atoms with Gasteiger partial charge in [-0.15, -0.1) is 0 Å². The van der Waals surface area contributed by atoms with Crippen molar-refractivity contribution in [3.63, 3.8) is 0 Å². The summed E-state index contributed by atoms with van der Waals surface area (Å²) in [5, 5.41) is 8.82. The van der Waals surface area contributed by atoms with Crippen LogP contribution in [0.4, 0.5) is 0 Å². The van der Waals surface area contributed by atoms with E-state index in [9.17, 15) is 0 Å². The SMILES string of the molecule is Cc1nc2cnc(C#N)nc2n1CC(C)(C)C. The molecule has 0 unspecified atom stereocenters. The molecule has 0 aliphatic heterocycles. The minimum absolute atomic E-state index is 0.135. The van der Waals surface area contributed by atoms with Crippen LogP contribution in [0.2, 0.25) is 0 Å². The van der Waals surface area contributed by atoms with Gasteiger partial charge in [0.2, 0.25) is 5.82 Å². The molecule has 88 valence electrons. The second-order valence-electron chi connectivity index (χ2n) is 5.32. The molecule has 2 aromatic rings. The van der Waals surface area contributed by atoms with E-state index in [1.165, 1.54) is 0 Å².